The van der Waals surface area contributed by atoms with E-state index in [0.29, 0.717) is 32.0 Å². The summed E-state index contributed by atoms with van der Waals surface area (Å²) in [5.41, 5.74) is 1.84. The van der Waals surface area contributed by atoms with Gasteiger partial charge in [-0.3, -0.25) is 4.79 Å². The first-order valence-corrected chi connectivity index (χ1v) is 8.98. The van der Waals surface area contributed by atoms with Crippen molar-refractivity contribution in [3.05, 3.63) is 65.7 Å². The second kappa shape index (κ2) is 9.19. The minimum Gasteiger partial charge on any atom is -0.489 e. The van der Waals surface area contributed by atoms with Crippen LogP contribution >= 0.6 is 0 Å². The quantitative estimate of drug-likeness (QED) is 0.746. The summed E-state index contributed by atoms with van der Waals surface area (Å²) >= 11 is 0. The number of carboxylic acids is 1. The molecule has 1 saturated heterocycles. The van der Waals surface area contributed by atoms with Gasteiger partial charge < -0.3 is 19.9 Å². The van der Waals surface area contributed by atoms with Crippen molar-refractivity contribution >= 4 is 11.9 Å². The highest BCUT2D eigenvalue weighted by Crippen LogP contribution is 2.17. The minimum atomic E-state index is -1.06. The molecule has 1 aliphatic heterocycles. The number of carboxylic acid groups (broad SMARTS) is 1. The minimum absolute atomic E-state index is 0.192. The molecule has 2 N–H and O–H groups in total. The number of nitrogens with one attached hydrogen (secondary N) is 1. The molecule has 0 radical (unpaired) electrons. The number of rotatable bonds is 8. The van der Waals surface area contributed by atoms with Crippen molar-refractivity contribution < 1.29 is 24.2 Å². The van der Waals surface area contributed by atoms with E-state index in [1.54, 1.807) is 0 Å². The summed E-state index contributed by atoms with van der Waals surface area (Å²) in [7, 11) is 0. The summed E-state index contributed by atoms with van der Waals surface area (Å²) in [5.74, 6) is -0.933. The highest BCUT2D eigenvalue weighted by molar-refractivity contribution is 5.85. The molecule has 0 unspecified atom stereocenters. The normalized spacial score (nSPS) is 17.3. The number of carbonyl (C=O) groups excluding carboxylic acids is 1. The molecule has 1 heterocycles. The Hall–Kier alpha value is -2.86. The number of benzene rings is 2. The molecule has 2 aromatic carbocycles. The van der Waals surface area contributed by atoms with Crippen molar-refractivity contribution in [1.82, 2.24) is 5.32 Å². The van der Waals surface area contributed by atoms with E-state index in [4.69, 9.17) is 9.47 Å². The Labute approximate surface area is 158 Å². The van der Waals surface area contributed by atoms with Gasteiger partial charge in [0.25, 0.3) is 0 Å². The molecule has 0 spiro atoms. The lowest BCUT2D eigenvalue weighted by Gasteiger charge is -2.17. The van der Waals surface area contributed by atoms with Crippen LogP contribution in [0.3, 0.4) is 0 Å². The van der Waals surface area contributed by atoms with Crippen molar-refractivity contribution in [2.75, 3.05) is 13.2 Å². The van der Waals surface area contributed by atoms with E-state index >= 15 is 0 Å². The van der Waals surface area contributed by atoms with Crippen molar-refractivity contribution in [2.45, 2.75) is 25.5 Å². The third-order valence-corrected chi connectivity index (χ3v) is 4.50. The van der Waals surface area contributed by atoms with Gasteiger partial charge in [-0.25, -0.2) is 4.79 Å². The third-order valence-electron chi connectivity index (χ3n) is 4.50. The van der Waals surface area contributed by atoms with E-state index in [-0.39, 0.29) is 18.2 Å². The van der Waals surface area contributed by atoms with Gasteiger partial charge in [0, 0.05) is 13.0 Å². The largest absolute Gasteiger partial charge is 0.489 e. The van der Waals surface area contributed by atoms with Crippen LogP contribution in [0.25, 0.3) is 0 Å². The maximum atomic E-state index is 12.2. The highest BCUT2D eigenvalue weighted by atomic mass is 16.5. The monoisotopic (exact) mass is 369 g/mol. The summed E-state index contributed by atoms with van der Waals surface area (Å²) in [5, 5.41) is 12.1. The predicted octanol–water partition coefficient (Wildman–Crippen LogP) is 2.41. The van der Waals surface area contributed by atoms with Crippen molar-refractivity contribution in [2.24, 2.45) is 5.92 Å². The number of amides is 1. The zero-order valence-electron chi connectivity index (χ0n) is 15.0. The molecule has 0 bridgehead atoms. The molecular weight excluding hydrogens is 346 g/mol. The van der Waals surface area contributed by atoms with Crippen LogP contribution in [-0.4, -0.2) is 36.2 Å². The Morgan fingerprint density at radius 2 is 1.93 bits per heavy atom. The molecule has 2 aromatic rings. The molecule has 0 aliphatic carbocycles. The lowest BCUT2D eigenvalue weighted by Crippen LogP contribution is -2.45. The van der Waals surface area contributed by atoms with E-state index in [9.17, 15) is 14.7 Å². The second-order valence-corrected chi connectivity index (χ2v) is 6.59. The smallest absolute Gasteiger partial charge is 0.326 e. The van der Waals surface area contributed by atoms with E-state index in [1.165, 1.54) is 0 Å². The van der Waals surface area contributed by atoms with Crippen LogP contribution in [0.2, 0.25) is 0 Å². The second-order valence-electron chi connectivity index (χ2n) is 6.59. The molecule has 1 aliphatic rings. The van der Waals surface area contributed by atoms with Gasteiger partial charge in [0.15, 0.2) is 0 Å². The van der Waals surface area contributed by atoms with Crippen LogP contribution < -0.4 is 10.1 Å². The Morgan fingerprint density at radius 1 is 1.15 bits per heavy atom. The molecule has 1 fully saturated rings. The van der Waals surface area contributed by atoms with Crippen LogP contribution in [0.1, 0.15) is 17.5 Å². The first-order valence-electron chi connectivity index (χ1n) is 8.98. The Balaban J connectivity index is 1.60. The molecule has 0 aromatic heterocycles. The predicted molar refractivity (Wildman–Crippen MR) is 99.4 cm³/mol. The average Bonchev–Trinajstić information content (AvgIpc) is 3.22. The fourth-order valence-electron chi connectivity index (χ4n) is 2.97. The van der Waals surface area contributed by atoms with E-state index < -0.39 is 12.0 Å². The van der Waals surface area contributed by atoms with Crippen LogP contribution in [0.15, 0.2) is 54.6 Å². The fraction of sp³-hybridized carbons (Fsp3) is 0.333. The maximum absolute atomic E-state index is 12.2. The molecule has 3 rings (SSSR count). The molecule has 6 nitrogen and oxygen atoms in total. The number of ether oxygens (including phenoxy) is 2. The van der Waals surface area contributed by atoms with E-state index in [2.05, 4.69) is 5.32 Å². The molecule has 27 heavy (non-hydrogen) atoms. The standard InChI is InChI=1S/C21H23NO5/c23-20(17-9-10-26-14-17)22-19(21(24)25)12-16-7-4-8-18(11-16)27-13-15-5-2-1-3-6-15/h1-8,11,17,19H,9-10,12-14H2,(H,22,23)(H,24,25)/t17-,19-/m0/s1. The molecule has 1 amide bonds. The third kappa shape index (κ3) is 5.56. The first-order chi connectivity index (χ1) is 13.1. The summed E-state index contributed by atoms with van der Waals surface area (Å²) in [6.45, 7) is 1.32. The lowest BCUT2D eigenvalue weighted by atomic mass is 10.0. The molecule has 142 valence electrons. The van der Waals surface area contributed by atoms with E-state index in [1.807, 2.05) is 54.6 Å². The fourth-order valence-corrected chi connectivity index (χ4v) is 2.97. The van der Waals surface area contributed by atoms with Gasteiger partial charge in [0.1, 0.15) is 18.4 Å². The average molecular weight is 369 g/mol. The Bertz CT molecular complexity index is 771. The summed E-state index contributed by atoms with van der Waals surface area (Å²) < 4.78 is 11.0. The zero-order valence-corrected chi connectivity index (χ0v) is 15.0. The summed E-state index contributed by atoms with van der Waals surface area (Å²) in [6, 6.07) is 16.1. The van der Waals surface area contributed by atoms with Crippen LogP contribution in [-0.2, 0) is 27.4 Å². The van der Waals surface area contributed by atoms with Gasteiger partial charge in [-0.1, -0.05) is 42.5 Å². The van der Waals surface area contributed by atoms with Crippen molar-refractivity contribution in [3.8, 4) is 5.75 Å². The number of carbonyl (C=O) groups is 2. The summed E-state index contributed by atoms with van der Waals surface area (Å²) in [4.78, 5) is 23.8. The number of hydrogen-bond acceptors (Lipinski definition) is 4. The number of hydrogen-bond donors (Lipinski definition) is 2. The van der Waals surface area contributed by atoms with Gasteiger partial charge in [-0.2, -0.15) is 0 Å². The van der Waals surface area contributed by atoms with Gasteiger partial charge in [0.2, 0.25) is 5.91 Å². The topological polar surface area (TPSA) is 84.9 Å². The van der Waals surface area contributed by atoms with Gasteiger partial charge in [-0.05, 0) is 29.7 Å². The van der Waals surface area contributed by atoms with Gasteiger partial charge in [-0.15, -0.1) is 0 Å². The van der Waals surface area contributed by atoms with E-state index in [0.717, 1.165) is 11.1 Å². The SMILES string of the molecule is O=C(N[C@@H](Cc1cccc(OCc2ccccc2)c1)C(=O)O)[C@H]1CCOC1. The first kappa shape index (κ1) is 18.9. The Kier molecular flexibility index (Phi) is 6.44. The van der Waals surface area contributed by atoms with Crippen LogP contribution in [0.5, 0.6) is 5.75 Å². The lowest BCUT2D eigenvalue weighted by molar-refractivity contribution is -0.142. The highest BCUT2D eigenvalue weighted by Gasteiger charge is 2.28. The van der Waals surface area contributed by atoms with Crippen LogP contribution in [0, 0.1) is 5.92 Å². The molecule has 0 saturated carbocycles. The number of aliphatic carboxylic acids is 1. The summed E-state index contributed by atoms with van der Waals surface area (Å²) in [6.07, 6.45) is 0.818. The van der Waals surface area contributed by atoms with Crippen molar-refractivity contribution in [1.29, 1.82) is 0 Å². The zero-order chi connectivity index (χ0) is 19.1. The molecular formula is C21H23NO5. The van der Waals surface area contributed by atoms with Gasteiger partial charge >= 0.3 is 5.97 Å². The maximum Gasteiger partial charge on any atom is 0.326 e. The van der Waals surface area contributed by atoms with Gasteiger partial charge in [0.05, 0.1) is 12.5 Å². The Morgan fingerprint density at radius 3 is 2.63 bits per heavy atom. The van der Waals surface area contributed by atoms with Crippen molar-refractivity contribution in [3.63, 3.8) is 0 Å². The molecule has 2 atom stereocenters. The van der Waals surface area contributed by atoms with Crippen LogP contribution in [0.4, 0.5) is 0 Å². The molecule has 6 heteroatoms.